The molecule has 0 saturated carbocycles. The van der Waals surface area contributed by atoms with Gasteiger partial charge in [0.15, 0.2) is 0 Å². The minimum atomic E-state index is 0.256. The summed E-state index contributed by atoms with van der Waals surface area (Å²) in [5, 5.41) is 0.256. The molecule has 0 bridgehead atoms. The quantitative estimate of drug-likeness (QED) is 0.667. The van der Waals surface area contributed by atoms with Crippen molar-refractivity contribution in [1.82, 2.24) is 0 Å². The van der Waals surface area contributed by atoms with Crippen molar-refractivity contribution in [2.24, 2.45) is 5.92 Å². The van der Waals surface area contributed by atoms with Gasteiger partial charge in [0.25, 0.3) is 0 Å². The predicted molar refractivity (Wildman–Crippen MR) is 71.6 cm³/mol. The number of benzene rings is 1. The third kappa shape index (κ3) is 4.56. The van der Waals surface area contributed by atoms with Gasteiger partial charge in [0.2, 0.25) is 0 Å². The van der Waals surface area contributed by atoms with Gasteiger partial charge >= 0.3 is 0 Å². The van der Waals surface area contributed by atoms with Gasteiger partial charge in [-0.25, -0.2) is 0 Å². The van der Waals surface area contributed by atoms with Crippen molar-refractivity contribution in [2.45, 2.75) is 38.5 Å². The van der Waals surface area contributed by atoms with Gasteiger partial charge in [-0.2, -0.15) is 0 Å². The van der Waals surface area contributed by atoms with E-state index in [2.05, 4.69) is 54.0 Å². The average Bonchev–Trinajstić information content (AvgIpc) is 2.22. The molecule has 0 saturated heterocycles. The van der Waals surface area contributed by atoms with Gasteiger partial charge in [0.1, 0.15) is 0 Å². The monoisotopic (exact) mass is 288 g/mol. The van der Waals surface area contributed by atoms with Crippen LogP contribution in [0.15, 0.2) is 28.7 Å². The molecule has 0 heterocycles. The van der Waals surface area contributed by atoms with E-state index in [1.807, 2.05) is 0 Å². The normalized spacial score (nSPS) is 14.9. The smallest absolute Gasteiger partial charge is 0.0401 e. The number of halogens is 2. The van der Waals surface area contributed by atoms with E-state index in [-0.39, 0.29) is 5.38 Å². The molecular formula is C13H18BrCl. The molecule has 0 aromatic heterocycles. The van der Waals surface area contributed by atoms with Crippen LogP contribution in [-0.2, 0) is 6.42 Å². The van der Waals surface area contributed by atoms with Gasteiger partial charge < -0.3 is 0 Å². The number of alkyl halides is 1. The fourth-order valence-corrected chi connectivity index (χ4v) is 2.25. The van der Waals surface area contributed by atoms with Gasteiger partial charge in [0.05, 0.1) is 0 Å². The molecule has 2 atom stereocenters. The van der Waals surface area contributed by atoms with Crippen molar-refractivity contribution < 1.29 is 0 Å². The lowest BCUT2D eigenvalue weighted by Crippen LogP contribution is -2.14. The van der Waals surface area contributed by atoms with Crippen molar-refractivity contribution >= 4 is 27.5 Å². The SMILES string of the molecule is CCCC(C)C(Cl)Cc1ccc(Br)cc1. The molecule has 15 heavy (non-hydrogen) atoms. The maximum Gasteiger partial charge on any atom is 0.0401 e. The Morgan fingerprint density at radius 2 is 1.87 bits per heavy atom. The molecule has 0 radical (unpaired) electrons. The molecule has 1 aromatic rings. The first-order valence-corrected chi connectivity index (χ1v) is 6.75. The summed E-state index contributed by atoms with van der Waals surface area (Å²) in [5.41, 5.74) is 1.32. The lowest BCUT2D eigenvalue weighted by molar-refractivity contribution is 0.494. The second kappa shape index (κ2) is 6.55. The van der Waals surface area contributed by atoms with Crippen molar-refractivity contribution in [3.05, 3.63) is 34.3 Å². The van der Waals surface area contributed by atoms with Crippen LogP contribution in [0.25, 0.3) is 0 Å². The van der Waals surface area contributed by atoms with Crippen LogP contribution in [0, 0.1) is 5.92 Å². The third-order valence-electron chi connectivity index (χ3n) is 2.71. The molecular weight excluding hydrogens is 272 g/mol. The number of rotatable bonds is 5. The second-order valence-electron chi connectivity index (χ2n) is 4.11. The first-order chi connectivity index (χ1) is 7.13. The van der Waals surface area contributed by atoms with E-state index in [1.54, 1.807) is 0 Å². The summed E-state index contributed by atoms with van der Waals surface area (Å²) in [6.45, 7) is 4.44. The van der Waals surface area contributed by atoms with Crippen LogP contribution in [0.4, 0.5) is 0 Å². The Labute approximate surface area is 106 Å². The standard InChI is InChI=1S/C13H18BrCl/c1-3-4-10(2)13(15)9-11-5-7-12(14)8-6-11/h5-8,10,13H,3-4,9H2,1-2H3. The maximum atomic E-state index is 6.37. The first-order valence-electron chi connectivity index (χ1n) is 5.52. The first kappa shape index (κ1) is 13.1. The van der Waals surface area contributed by atoms with Crippen LogP contribution in [-0.4, -0.2) is 5.38 Å². The van der Waals surface area contributed by atoms with E-state index in [9.17, 15) is 0 Å². The Hall–Kier alpha value is -0.0100. The largest absolute Gasteiger partial charge is 0.122 e. The van der Waals surface area contributed by atoms with Crippen molar-refractivity contribution in [2.75, 3.05) is 0 Å². The van der Waals surface area contributed by atoms with E-state index < -0.39 is 0 Å². The highest BCUT2D eigenvalue weighted by Gasteiger charge is 2.13. The van der Waals surface area contributed by atoms with E-state index in [1.165, 1.54) is 18.4 Å². The van der Waals surface area contributed by atoms with Crippen LogP contribution in [0.5, 0.6) is 0 Å². The molecule has 2 unspecified atom stereocenters. The Morgan fingerprint density at radius 3 is 2.40 bits per heavy atom. The van der Waals surface area contributed by atoms with Crippen molar-refractivity contribution in [3.8, 4) is 0 Å². The zero-order valence-corrected chi connectivity index (χ0v) is 11.7. The molecule has 0 amide bonds. The molecule has 0 aliphatic heterocycles. The van der Waals surface area contributed by atoms with Crippen LogP contribution < -0.4 is 0 Å². The highest BCUT2D eigenvalue weighted by molar-refractivity contribution is 9.10. The van der Waals surface area contributed by atoms with E-state index >= 15 is 0 Å². The van der Waals surface area contributed by atoms with Crippen LogP contribution in [0.2, 0.25) is 0 Å². The van der Waals surface area contributed by atoms with Gasteiger partial charge in [-0.1, -0.05) is 48.3 Å². The topological polar surface area (TPSA) is 0 Å². The van der Waals surface area contributed by atoms with Crippen LogP contribution in [0.3, 0.4) is 0 Å². The molecule has 0 N–H and O–H groups in total. The van der Waals surface area contributed by atoms with Crippen LogP contribution in [0.1, 0.15) is 32.3 Å². The van der Waals surface area contributed by atoms with E-state index in [4.69, 9.17) is 11.6 Å². The Balaban J connectivity index is 2.50. The molecule has 0 aliphatic rings. The minimum Gasteiger partial charge on any atom is -0.122 e. The predicted octanol–water partition coefficient (Wildman–Crippen LogP) is 5.04. The molecule has 0 fully saturated rings. The lowest BCUT2D eigenvalue weighted by atomic mass is 9.97. The van der Waals surface area contributed by atoms with Gasteiger partial charge in [-0.15, -0.1) is 11.6 Å². The molecule has 1 rings (SSSR count). The summed E-state index contributed by atoms with van der Waals surface area (Å²) in [4.78, 5) is 0. The lowest BCUT2D eigenvalue weighted by Gasteiger charge is -2.17. The summed E-state index contributed by atoms with van der Waals surface area (Å²) >= 11 is 9.81. The summed E-state index contributed by atoms with van der Waals surface area (Å²) in [5.74, 6) is 0.598. The van der Waals surface area contributed by atoms with E-state index in [0.717, 1.165) is 10.9 Å². The summed E-state index contributed by atoms with van der Waals surface area (Å²) in [7, 11) is 0. The molecule has 1 aromatic carbocycles. The summed E-state index contributed by atoms with van der Waals surface area (Å²) < 4.78 is 1.12. The number of hydrogen-bond acceptors (Lipinski definition) is 0. The highest BCUT2D eigenvalue weighted by Crippen LogP contribution is 2.21. The molecule has 2 heteroatoms. The molecule has 84 valence electrons. The Kier molecular flexibility index (Phi) is 5.70. The fourth-order valence-electron chi connectivity index (χ4n) is 1.68. The maximum absolute atomic E-state index is 6.37. The Morgan fingerprint density at radius 1 is 1.27 bits per heavy atom. The molecule has 0 aliphatic carbocycles. The summed E-state index contributed by atoms with van der Waals surface area (Å²) in [6, 6.07) is 8.42. The van der Waals surface area contributed by atoms with Gasteiger partial charge in [-0.05, 0) is 36.5 Å². The molecule has 0 spiro atoms. The van der Waals surface area contributed by atoms with E-state index in [0.29, 0.717) is 5.92 Å². The Bertz CT molecular complexity index is 281. The molecule has 0 nitrogen and oxygen atoms in total. The third-order valence-corrected chi connectivity index (χ3v) is 3.82. The highest BCUT2D eigenvalue weighted by atomic mass is 79.9. The minimum absolute atomic E-state index is 0.256. The zero-order chi connectivity index (χ0) is 11.3. The second-order valence-corrected chi connectivity index (χ2v) is 5.59. The zero-order valence-electron chi connectivity index (χ0n) is 9.34. The number of hydrogen-bond donors (Lipinski definition) is 0. The average molecular weight is 290 g/mol. The van der Waals surface area contributed by atoms with Gasteiger partial charge in [0, 0.05) is 9.85 Å². The van der Waals surface area contributed by atoms with Gasteiger partial charge in [-0.3, -0.25) is 0 Å². The van der Waals surface area contributed by atoms with Crippen molar-refractivity contribution in [3.63, 3.8) is 0 Å². The van der Waals surface area contributed by atoms with Crippen molar-refractivity contribution in [1.29, 1.82) is 0 Å². The van der Waals surface area contributed by atoms with Crippen LogP contribution >= 0.6 is 27.5 Å². The fraction of sp³-hybridized carbons (Fsp3) is 0.538. The summed E-state index contributed by atoms with van der Waals surface area (Å²) in [6.07, 6.45) is 3.39.